The SMILES string of the molecule is C=CCOCC(COCC)(COCC=C)COCC(COCC=C)(COCC=C)COCC=C. The van der Waals surface area contributed by atoms with Gasteiger partial charge in [-0.05, 0) is 6.92 Å². The molecule has 0 aliphatic heterocycles. The molecule has 0 aromatic heterocycles. The highest BCUT2D eigenvalue weighted by Gasteiger charge is 2.36. The Morgan fingerprint density at radius 2 is 0.647 bits per heavy atom. The topological polar surface area (TPSA) is 64.6 Å². The Morgan fingerprint density at radius 3 is 0.882 bits per heavy atom. The van der Waals surface area contributed by atoms with E-state index in [0.717, 1.165) is 0 Å². The molecule has 0 saturated heterocycles. The van der Waals surface area contributed by atoms with Crippen LogP contribution in [0.1, 0.15) is 6.92 Å². The Balaban J connectivity index is 5.52. The second-order valence-electron chi connectivity index (χ2n) is 8.15. The Morgan fingerprint density at radius 1 is 0.412 bits per heavy atom. The molecule has 0 aromatic rings. The highest BCUT2D eigenvalue weighted by atomic mass is 16.5. The highest BCUT2D eigenvalue weighted by molar-refractivity contribution is 4.85. The summed E-state index contributed by atoms with van der Waals surface area (Å²) in [6.45, 7) is 26.3. The van der Waals surface area contributed by atoms with Crippen molar-refractivity contribution in [2.24, 2.45) is 10.8 Å². The van der Waals surface area contributed by atoms with E-state index in [0.29, 0.717) is 92.5 Å². The zero-order chi connectivity index (χ0) is 25.4. The maximum atomic E-state index is 6.31. The fourth-order valence-corrected chi connectivity index (χ4v) is 3.10. The van der Waals surface area contributed by atoms with Crippen LogP contribution in [0.3, 0.4) is 0 Å². The maximum absolute atomic E-state index is 6.31. The lowest BCUT2D eigenvalue weighted by molar-refractivity contribution is -0.136. The fraction of sp³-hybridized carbons (Fsp3) is 0.630. The minimum atomic E-state index is -0.531. The molecule has 0 spiro atoms. The number of hydrogen-bond acceptors (Lipinski definition) is 7. The molecule has 7 heteroatoms. The largest absolute Gasteiger partial charge is 0.381 e. The van der Waals surface area contributed by atoms with E-state index in [-0.39, 0.29) is 0 Å². The van der Waals surface area contributed by atoms with E-state index in [9.17, 15) is 0 Å². The van der Waals surface area contributed by atoms with Crippen molar-refractivity contribution in [3.8, 4) is 0 Å². The first kappa shape index (κ1) is 32.4. The molecule has 34 heavy (non-hydrogen) atoms. The molecule has 0 bridgehead atoms. The first-order valence-corrected chi connectivity index (χ1v) is 11.7. The van der Waals surface area contributed by atoms with Crippen LogP contribution in [0.2, 0.25) is 0 Å². The van der Waals surface area contributed by atoms with Crippen LogP contribution in [0, 0.1) is 10.8 Å². The second-order valence-corrected chi connectivity index (χ2v) is 8.15. The third kappa shape index (κ3) is 15.3. The van der Waals surface area contributed by atoms with E-state index in [4.69, 9.17) is 33.2 Å². The number of rotatable bonds is 27. The van der Waals surface area contributed by atoms with Gasteiger partial charge in [0.2, 0.25) is 0 Å². The molecule has 0 fully saturated rings. The van der Waals surface area contributed by atoms with E-state index in [1.165, 1.54) is 0 Å². The van der Waals surface area contributed by atoms with Gasteiger partial charge in [-0.15, -0.1) is 32.9 Å². The smallest absolute Gasteiger partial charge is 0.0645 e. The van der Waals surface area contributed by atoms with Gasteiger partial charge in [-0.2, -0.15) is 0 Å². The summed E-state index contributed by atoms with van der Waals surface area (Å²) in [5.74, 6) is 0. The Bertz CT molecular complexity index is 497. The van der Waals surface area contributed by atoms with Crippen LogP contribution in [-0.4, -0.2) is 92.5 Å². The van der Waals surface area contributed by atoms with Crippen LogP contribution >= 0.6 is 0 Å². The lowest BCUT2D eigenvalue weighted by atomic mass is 9.90. The fourth-order valence-electron chi connectivity index (χ4n) is 3.10. The minimum Gasteiger partial charge on any atom is -0.381 e. The quantitative estimate of drug-likeness (QED) is 0.129. The van der Waals surface area contributed by atoms with Gasteiger partial charge in [0, 0.05) is 6.61 Å². The van der Waals surface area contributed by atoms with E-state index in [1.54, 1.807) is 30.4 Å². The normalized spacial score (nSPS) is 11.8. The molecule has 0 N–H and O–H groups in total. The molecule has 0 aliphatic rings. The molecule has 0 saturated carbocycles. The van der Waals surface area contributed by atoms with Crippen molar-refractivity contribution >= 4 is 0 Å². The van der Waals surface area contributed by atoms with Crippen molar-refractivity contribution < 1.29 is 33.2 Å². The predicted octanol–water partition coefficient (Wildman–Crippen LogP) is 4.03. The van der Waals surface area contributed by atoms with Crippen LogP contribution in [0.25, 0.3) is 0 Å². The van der Waals surface area contributed by atoms with Gasteiger partial charge in [-0.25, -0.2) is 0 Å². The van der Waals surface area contributed by atoms with Crippen LogP contribution in [-0.2, 0) is 33.2 Å². The van der Waals surface area contributed by atoms with Crippen molar-refractivity contribution in [3.63, 3.8) is 0 Å². The van der Waals surface area contributed by atoms with Crippen LogP contribution in [0.5, 0.6) is 0 Å². The molecule has 0 aromatic carbocycles. The van der Waals surface area contributed by atoms with Gasteiger partial charge in [-0.1, -0.05) is 30.4 Å². The van der Waals surface area contributed by atoms with Crippen molar-refractivity contribution in [3.05, 3.63) is 63.3 Å². The summed E-state index contributed by atoms with van der Waals surface area (Å²) in [5.41, 5.74) is -1.03. The molecular weight excluding hydrogens is 436 g/mol. The molecule has 0 heterocycles. The average Bonchev–Trinajstić information content (AvgIpc) is 2.83. The first-order chi connectivity index (χ1) is 16.6. The van der Waals surface area contributed by atoms with Gasteiger partial charge in [-0.3, -0.25) is 0 Å². The Labute approximate surface area is 207 Å². The third-order valence-electron chi connectivity index (χ3n) is 4.65. The third-order valence-corrected chi connectivity index (χ3v) is 4.65. The number of ether oxygens (including phenoxy) is 7. The lowest BCUT2D eigenvalue weighted by Gasteiger charge is -2.36. The predicted molar refractivity (Wildman–Crippen MR) is 137 cm³/mol. The van der Waals surface area contributed by atoms with Crippen molar-refractivity contribution in [2.45, 2.75) is 6.92 Å². The molecule has 0 rings (SSSR count). The van der Waals surface area contributed by atoms with Gasteiger partial charge in [0.25, 0.3) is 0 Å². The van der Waals surface area contributed by atoms with Gasteiger partial charge in [0.15, 0.2) is 0 Å². The summed E-state index contributed by atoms with van der Waals surface area (Å²) in [6, 6.07) is 0. The number of hydrogen-bond donors (Lipinski definition) is 0. The Hall–Kier alpha value is -1.58. The van der Waals surface area contributed by atoms with Crippen LogP contribution in [0.4, 0.5) is 0 Å². The molecule has 0 radical (unpaired) electrons. The highest BCUT2D eigenvalue weighted by Crippen LogP contribution is 2.25. The zero-order valence-corrected chi connectivity index (χ0v) is 21.2. The zero-order valence-electron chi connectivity index (χ0n) is 21.2. The van der Waals surface area contributed by atoms with Crippen molar-refractivity contribution in [1.29, 1.82) is 0 Å². The van der Waals surface area contributed by atoms with Crippen LogP contribution < -0.4 is 0 Å². The average molecular weight is 483 g/mol. The second kappa shape index (κ2) is 21.9. The monoisotopic (exact) mass is 482 g/mol. The summed E-state index contributed by atoms with van der Waals surface area (Å²) in [5, 5.41) is 0. The minimum absolute atomic E-state index is 0.342. The molecular formula is C27H46O7. The molecule has 0 unspecified atom stereocenters. The molecule has 196 valence electrons. The Kier molecular flexibility index (Phi) is 20.9. The van der Waals surface area contributed by atoms with Crippen molar-refractivity contribution in [2.75, 3.05) is 92.5 Å². The summed E-state index contributed by atoms with van der Waals surface area (Å²) in [7, 11) is 0. The van der Waals surface area contributed by atoms with Crippen LogP contribution in [0.15, 0.2) is 63.3 Å². The van der Waals surface area contributed by atoms with Gasteiger partial charge in [0.05, 0.1) is 96.7 Å². The summed E-state index contributed by atoms with van der Waals surface area (Å²) < 4.78 is 41.1. The van der Waals surface area contributed by atoms with Gasteiger partial charge < -0.3 is 33.2 Å². The van der Waals surface area contributed by atoms with E-state index in [2.05, 4.69) is 32.9 Å². The van der Waals surface area contributed by atoms with Gasteiger partial charge >= 0.3 is 0 Å². The lowest BCUT2D eigenvalue weighted by Crippen LogP contribution is -2.46. The summed E-state index contributed by atoms with van der Waals surface area (Å²) in [4.78, 5) is 0. The molecule has 0 amide bonds. The molecule has 7 nitrogen and oxygen atoms in total. The first-order valence-electron chi connectivity index (χ1n) is 11.7. The molecule has 0 aliphatic carbocycles. The van der Waals surface area contributed by atoms with E-state index in [1.807, 2.05) is 6.92 Å². The summed E-state index contributed by atoms with van der Waals surface area (Å²) in [6.07, 6.45) is 8.56. The summed E-state index contributed by atoms with van der Waals surface area (Å²) >= 11 is 0. The standard InChI is InChI=1S/C27H46O7/c1-7-13-29-19-26(18-28-12-6,20-30-14-8-2)24-34-25-27(21-31-15-9-3,22-32-16-10-4)23-33-17-11-5/h7-11H,1-5,12-25H2,6H3. The van der Waals surface area contributed by atoms with Gasteiger partial charge in [0.1, 0.15) is 0 Å². The maximum Gasteiger partial charge on any atom is 0.0645 e. The molecule has 0 atom stereocenters. The van der Waals surface area contributed by atoms with Crippen molar-refractivity contribution in [1.82, 2.24) is 0 Å². The van der Waals surface area contributed by atoms with E-state index >= 15 is 0 Å². The van der Waals surface area contributed by atoms with E-state index < -0.39 is 10.8 Å².